The van der Waals surface area contributed by atoms with E-state index in [9.17, 15) is 0 Å². The third kappa shape index (κ3) is 1.48. The van der Waals surface area contributed by atoms with E-state index in [1.807, 2.05) is 12.4 Å². The normalized spacial score (nSPS) is 11.9. The first-order chi connectivity index (χ1) is 6.59. The van der Waals surface area contributed by atoms with Crippen molar-refractivity contribution in [2.75, 3.05) is 0 Å². The Labute approximate surface area is 84.0 Å². The second-order valence-electron chi connectivity index (χ2n) is 4.55. The Bertz CT molecular complexity index is 450. The summed E-state index contributed by atoms with van der Waals surface area (Å²) in [5, 5.41) is 10.2. The first-order valence-corrected chi connectivity index (χ1v) is 4.79. The van der Waals surface area contributed by atoms with Crippen LogP contribution in [0, 0.1) is 0 Å². The Morgan fingerprint density at radius 2 is 1.71 bits per heavy atom. The lowest BCUT2D eigenvalue weighted by Gasteiger charge is -2.20. The molecule has 1 aromatic carbocycles. The van der Waals surface area contributed by atoms with Crippen molar-refractivity contribution in [1.82, 2.24) is 10.2 Å². The maximum atomic E-state index is 3.94. The molecule has 0 aliphatic carbocycles. The van der Waals surface area contributed by atoms with E-state index >= 15 is 0 Å². The molecule has 14 heavy (non-hydrogen) atoms. The molecule has 2 heteroatoms. The maximum absolute atomic E-state index is 3.94. The van der Waals surface area contributed by atoms with Gasteiger partial charge >= 0.3 is 0 Å². The van der Waals surface area contributed by atoms with Crippen LogP contribution in [-0.2, 0) is 5.41 Å². The quantitative estimate of drug-likeness (QED) is 0.632. The smallest absolute Gasteiger partial charge is 0.0577 e. The molecular formula is C12H14N2. The second kappa shape index (κ2) is 3.05. The van der Waals surface area contributed by atoms with Crippen molar-refractivity contribution in [3.8, 4) is 0 Å². The van der Waals surface area contributed by atoms with Gasteiger partial charge in [0.1, 0.15) is 0 Å². The van der Waals surface area contributed by atoms with Gasteiger partial charge in [-0.2, -0.15) is 10.2 Å². The highest BCUT2D eigenvalue weighted by Crippen LogP contribution is 2.28. The van der Waals surface area contributed by atoms with Crippen LogP contribution >= 0.6 is 0 Å². The summed E-state index contributed by atoms with van der Waals surface area (Å²) in [6, 6.07) is 6.30. The highest BCUT2D eigenvalue weighted by Gasteiger charge is 2.16. The third-order valence-corrected chi connectivity index (χ3v) is 2.40. The molecule has 0 aliphatic rings. The van der Waals surface area contributed by atoms with Crippen molar-refractivity contribution in [3.05, 3.63) is 36.2 Å². The van der Waals surface area contributed by atoms with E-state index in [1.165, 1.54) is 10.9 Å². The molecule has 0 amide bonds. The van der Waals surface area contributed by atoms with Crippen molar-refractivity contribution >= 4 is 10.8 Å². The maximum Gasteiger partial charge on any atom is 0.0577 e. The summed E-state index contributed by atoms with van der Waals surface area (Å²) in [5.74, 6) is 0. The Morgan fingerprint density at radius 1 is 1.00 bits per heavy atom. The van der Waals surface area contributed by atoms with Crippen LogP contribution in [0.3, 0.4) is 0 Å². The number of rotatable bonds is 0. The van der Waals surface area contributed by atoms with Gasteiger partial charge in [0.05, 0.1) is 12.4 Å². The standard InChI is InChI=1S/C12H14N2/c1-12(2,3)11-6-4-5-9-7-13-14-8-10(9)11/h4-8H,1-3H3. The Morgan fingerprint density at radius 3 is 2.43 bits per heavy atom. The number of benzene rings is 1. The van der Waals surface area contributed by atoms with Crippen molar-refractivity contribution < 1.29 is 0 Å². The molecule has 2 rings (SSSR count). The average molecular weight is 186 g/mol. The minimum absolute atomic E-state index is 0.155. The highest BCUT2D eigenvalue weighted by molar-refractivity contribution is 5.84. The van der Waals surface area contributed by atoms with Crippen LogP contribution in [0.5, 0.6) is 0 Å². The number of hydrogen-bond acceptors (Lipinski definition) is 2. The van der Waals surface area contributed by atoms with E-state index < -0.39 is 0 Å². The Kier molecular flexibility index (Phi) is 1.99. The zero-order valence-corrected chi connectivity index (χ0v) is 8.78. The van der Waals surface area contributed by atoms with E-state index in [4.69, 9.17) is 0 Å². The summed E-state index contributed by atoms with van der Waals surface area (Å²) >= 11 is 0. The van der Waals surface area contributed by atoms with Gasteiger partial charge in [-0.25, -0.2) is 0 Å². The number of nitrogens with zero attached hydrogens (tertiary/aromatic N) is 2. The topological polar surface area (TPSA) is 25.8 Å². The summed E-state index contributed by atoms with van der Waals surface area (Å²) in [6.45, 7) is 6.63. The van der Waals surface area contributed by atoms with Gasteiger partial charge < -0.3 is 0 Å². The zero-order valence-electron chi connectivity index (χ0n) is 8.78. The molecule has 0 bridgehead atoms. The molecule has 0 saturated carbocycles. The molecule has 0 spiro atoms. The molecule has 0 N–H and O–H groups in total. The van der Waals surface area contributed by atoms with Gasteiger partial charge in [-0.3, -0.25) is 0 Å². The van der Waals surface area contributed by atoms with Crippen LogP contribution in [0.25, 0.3) is 10.8 Å². The van der Waals surface area contributed by atoms with Crippen molar-refractivity contribution in [2.24, 2.45) is 0 Å². The molecule has 0 fully saturated rings. The van der Waals surface area contributed by atoms with Crippen LogP contribution in [0.4, 0.5) is 0 Å². The molecule has 0 atom stereocenters. The minimum atomic E-state index is 0.155. The highest BCUT2D eigenvalue weighted by atomic mass is 15.1. The lowest BCUT2D eigenvalue weighted by atomic mass is 9.84. The second-order valence-corrected chi connectivity index (χ2v) is 4.55. The van der Waals surface area contributed by atoms with Gasteiger partial charge in [0.2, 0.25) is 0 Å². The lowest BCUT2D eigenvalue weighted by molar-refractivity contribution is 0.595. The Hall–Kier alpha value is -1.44. The number of fused-ring (bicyclic) bond motifs is 1. The Balaban J connectivity index is 2.78. The summed E-state index contributed by atoms with van der Waals surface area (Å²) in [4.78, 5) is 0. The van der Waals surface area contributed by atoms with Gasteiger partial charge in [0.25, 0.3) is 0 Å². The predicted octanol–water partition coefficient (Wildman–Crippen LogP) is 2.93. The molecule has 72 valence electrons. The van der Waals surface area contributed by atoms with E-state index in [-0.39, 0.29) is 5.41 Å². The molecule has 2 nitrogen and oxygen atoms in total. The van der Waals surface area contributed by atoms with Crippen LogP contribution in [0.15, 0.2) is 30.6 Å². The lowest BCUT2D eigenvalue weighted by Crippen LogP contribution is -2.11. The first kappa shape index (κ1) is 9.13. The molecule has 0 saturated heterocycles. The minimum Gasteiger partial charge on any atom is -0.158 e. The molecule has 0 aliphatic heterocycles. The van der Waals surface area contributed by atoms with Gasteiger partial charge in [-0.15, -0.1) is 0 Å². The summed E-state index contributed by atoms with van der Waals surface area (Å²) in [6.07, 6.45) is 3.65. The zero-order chi connectivity index (χ0) is 10.2. The molecule has 0 unspecified atom stereocenters. The summed E-state index contributed by atoms with van der Waals surface area (Å²) in [7, 11) is 0. The predicted molar refractivity (Wildman–Crippen MR) is 58.2 cm³/mol. The van der Waals surface area contributed by atoms with E-state index in [2.05, 4.69) is 49.2 Å². The molecule has 2 aromatic rings. The van der Waals surface area contributed by atoms with Gasteiger partial charge in [-0.05, 0) is 11.0 Å². The largest absolute Gasteiger partial charge is 0.158 e. The van der Waals surface area contributed by atoms with Crippen LogP contribution < -0.4 is 0 Å². The SMILES string of the molecule is CC(C)(C)c1cccc2cnncc12. The van der Waals surface area contributed by atoms with Crippen LogP contribution in [0.1, 0.15) is 26.3 Å². The summed E-state index contributed by atoms with van der Waals surface area (Å²) in [5.41, 5.74) is 1.48. The van der Waals surface area contributed by atoms with Gasteiger partial charge in [0, 0.05) is 10.8 Å². The molecule has 1 heterocycles. The fraction of sp³-hybridized carbons (Fsp3) is 0.333. The van der Waals surface area contributed by atoms with Crippen molar-refractivity contribution in [1.29, 1.82) is 0 Å². The third-order valence-electron chi connectivity index (χ3n) is 2.40. The summed E-state index contributed by atoms with van der Waals surface area (Å²) < 4.78 is 0. The van der Waals surface area contributed by atoms with Crippen LogP contribution in [0.2, 0.25) is 0 Å². The molecule has 1 aromatic heterocycles. The average Bonchev–Trinajstić information content (AvgIpc) is 2.15. The van der Waals surface area contributed by atoms with E-state index in [1.54, 1.807) is 0 Å². The van der Waals surface area contributed by atoms with E-state index in [0.29, 0.717) is 0 Å². The van der Waals surface area contributed by atoms with Gasteiger partial charge in [0.15, 0.2) is 0 Å². The van der Waals surface area contributed by atoms with Crippen molar-refractivity contribution in [3.63, 3.8) is 0 Å². The fourth-order valence-electron chi connectivity index (χ4n) is 1.68. The van der Waals surface area contributed by atoms with Gasteiger partial charge in [-0.1, -0.05) is 39.0 Å². The monoisotopic (exact) mass is 186 g/mol. The molecular weight excluding hydrogens is 172 g/mol. The first-order valence-electron chi connectivity index (χ1n) is 4.79. The fourth-order valence-corrected chi connectivity index (χ4v) is 1.68. The van der Waals surface area contributed by atoms with Crippen LogP contribution in [-0.4, -0.2) is 10.2 Å². The molecule has 0 radical (unpaired) electrons. The van der Waals surface area contributed by atoms with Crippen molar-refractivity contribution in [2.45, 2.75) is 26.2 Å². The number of hydrogen-bond donors (Lipinski definition) is 0. The number of aromatic nitrogens is 2. The van der Waals surface area contributed by atoms with E-state index in [0.717, 1.165) is 5.39 Å².